The zero-order valence-corrected chi connectivity index (χ0v) is 13.2. The van der Waals surface area contributed by atoms with Gasteiger partial charge in [-0.25, -0.2) is 8.42 Å². The summed E-state index contributed by atoms with van der Waals surface area (Å²) in [6, 6.07) is 0. The molecule has 6 nitrogen and oxygen atoms in total. The van der Waals surface area contributed by atoms with E-state index in [4.69, 9.17) is 10.5 Å². The summed E-state index contributed by atoms with van der Waals surface area (Å²) in [5.74, 6) is 0.0964. The first-order valence-electron chi connectivity index (χ1n) is 6.88. The number of aromatic nitrogens is 1. The molecule has 1 aliphatic carbocycles. The molecule has 3 N–H and O–H groups in total. The van der Waals surface area contributed by atoms with Crippen LogP contribution in [0, 0.1) is 0 Å². The molecule has 0 unspecified atom stereocenters. The second-order valence-corrected chi connectivity index (χ2v) is 7.82. The zero-order valence-electron chi connectivity index (χ0n) is 11.6. The number of hydrogen-bond donors (Lipinski definition) is 2. The van der Waals surface area contributed by atoms with Crippen LogP contribution in [0.5, 0.6) is 0 Å². The predicted molar refractivity (Wildman–Crippen MR) is 81.0 cm³/mol. The van der Waals surface area contributed by atoms with E-state index in [1.807, 2.05) is 0 Å². The van der Waals surface area contributed by atoms with Crippen molar-refractivity contribution in [3.05, 3.63) is 0 Å². The summed E-state index contributed by atoms with van der Waals surface area (Å²) in [6.07, 6.45) is 5.10. The molecule has 1 heterocycles. The monoisotopic (exact) mass is 319 g/mol. The van der Waals surface area contributed by atoms with Crippen LogP contribution in [-0.4, -0.2) is 37.8 Å². The first-order valence-corrected chi connectivity index (χ1v) is 9.30. The van der Waals surface area contributed by atoms with E-state index < -0.39 is 9.84 Å². The van der Waals surface area contributed by atoms with Crippen molar-refractivity contribution in [1.29, 1.82) is 0 Å². The maximum atomic E-state index is 12.0. The van der Waals surface area contributed by atoms with Crippen molar-refractivity contribution in [2.75, 3.05) is 30.0 Å². The highest BCUT2D eigenvalue weighted by Gasteiger charge is 2.23. The first-order chi connectivity index (χ1) is 9.54. The molecule has 0 aliphatic heterocycles. The van der Waals surface area contributed by atoms with E-state index in [0.717, 1.165) is 24.4 Å². The minimum absolute atomic E-state index is 0.0167. The number of nitrogens with one attached hydrogen (secondary N) is 1. The maximum Gasteiger partial charge on any atom is 0.184 e. The molecule has 0 amide bonds. The van der Waals surface area contributed by atoms with Crippen molar-refractivity contribution in [2.24, 2.45) is 0 Å². The lowest BCUT2D eigenvalue weighted by atomic mass is 10.3. The first kappa shape index (κ1) is 15.5. The predicted octanol–water partition coefficient (Wildman–Crippen LogP) is 1.89. The molecule has 20 heavy (non-hydrogen) atoms. The average Bonchev–Trinajstić information content (AvgIpc) is 3.04. The Bertz CT molecular complexity index is 536. The Morgan fingerprint density at radius 3 is 2.80 bits per heavy atom. The molecule has 1 aromatic rings. The van der Waals surface area contributed by atoms with Gasteiger partial charge in [0.25, 0.3) is 0 Å². The van der Waals surface area contributed by atoms with Gasteiger partial charge in [0, 0.05) is 6.54 Å². The van der Waals surface area contributed by atoms with E-state index in [1.165, 1.54) is 12.8 Å². The Kier molecular flexibility index (Phi) is 5.22. The van der Waals surface area contributed by atoms with Gasteiger partial charge in [-0.15, -0.1) is 0 Å². The van der Waals surface area contributed by atoms with Crippen molar-refractivity contribution in [1.82, 2.24) is 4.37 Å². The van der Waals surface area contributed by atoms with Gasteiger partial charge in [0.05, 0.1) is 18.5 Å². The number of anilines is 2. The molecule has 0 aromatic carbocycles. The van der Waals surface area contributed by atoms with Crippen LogP contribution in [0.15, 0.2) is 4.90 Å². The molecule has 0 saturated heterocycles. The van der Waals surface area contributed by atoms with Crippen molar-refractivity contribution in [2.45, 2.75) is 43.6 Å². The number of ether oxygens (including phenoxy) is 1. The summed E-state index contributed by atoms with van der Waals surface area (Å²) in [5, 5.41) is 3.58. The van der Waals surface area contributed by atoms with Crippen LogP contribution < -0.4 is 11.1 Å². The summed E-state index contributed by atoms with van der Waals surface area (Å²) in [4.78, 5) is 0.130. The van der Waals surface area contributed by atoms with Gasteiger partial charge in [0.15, 0.2) is 15.7 Å². The number of nitrogens with zero attached hydrogens (tertiary/aromatic N) is 1. The number of nitrogens with two attached hydrogens (primary N) is 1. The molecule has 1 saturated carbocycles. The van der Waals surface area contributed by atoms with Gasteiger partial charge < -0.3 is 15.8 Å². The number of sulfone groups is 1. The molecule has 114 valence electrons. The summed E-state index contributed by atoms with van der Waals surface area (Å²) in [7, 11) is -3.35. The summed E-state index contributed by atoms with van der Waals surface area (Å²) in [5.41, 5.74) is 5.66. The molecule has 2 rings (SSSR count). The Labute approximate surface area is 123 Å². The van der Waals surface area contributed by atoms with E-state index in [9.17, 15) is 8.42 Å². The molecule has 0 radical (unpaired) electrons. The minimum atomic E-state index is -3.35. The van der Waals surface area contributed by atoms with Crippen molar-refractivity contribution in [3.8, 4) is 0 Å². The lowest BCUT2D eigenvalue weighted by Gasteiger charge is -2.12. The third kappa shape index (κ3) is 3.62. The zero-order chi connectivity index (χ0) is 14.6. The number of rotatable bonds is 7. The quantitative estimate of drug-likeness (QED) is 0.745. The van der Waals surface area contributed by atoms with Crippen molar-refractivity contribution >= 4 is 32.2 Å². The normalized spacial score (nSPS) is 16.6. The molecular weight excluding hydrogens is 298 g/mol. The Balaban J connectivity index is 1.90. The maximum absolute atomic E-state index is 12.0. The standard InChI is InChI=1S/C12H21N3O3S2/c1-2-20(16,17)10-11(13)15-19-12(10)14-7-8-18-9-5-3-4-6-9/h9,14H,2-8H2,1H3,(H2,13,15). The Morgan fingerprint density at radius 1 is 1.45 bits per heavy atom. The molecule has 1 aliphatic rings. The smallest absolute Gasteiger partial charge is 0.184 e. The molecule has 1 fully saturated rings. The summed E-state index contributed by atoms with van der Waals surface area (Å²) >= 11 is 1.08. The van der Waals surface area contributed by atoms with Crippen LogP contribution in [0.3, 0.4) is 0 Å². The Morgan fingerprint density at radius 2 is 2.15 bits per heavy atom. The SMILES string of the molecule is CCS(=O)(=O)c1c(N)nsc1NCCOC1CCCC1. The van der Waals surface area contributed by atoms with Gasteiger partial charge in [-0.2, -0.15) is 4.37 Å². The highest BCUT2D eigenvalue weighted by atomic mass is 32.2. The van der Waals surface area contributed by atoms with E-state index in [2.05, 4.69) is 9.69 Å². The van der Waals surface area contributed by atoms with E-state index in [0.29, 0.717) is 24.3 Å². The van der Waals surface area contributed by atoms with Crippen LogP contribution in [0.1, 0.15) is 32.6 Å². The third-order valence-electron chi connectivity index (χ3n) is 3.41. The highest BCUT2D eigenvalue weighted by molar-refractivity contribution is 7.91. The molecule has 0 atom stereocenters. The highest BCUT2D eigenvalue weighted by Crippen LogP contribution is 2.32. The Hall–Kier alpha value is -0.860. The van der Waals surface area contributed by atoms with Gasteiger partial charge in [-0.3, -0.25) is 0 Å². The van der Waals surface area contributed by atoms with Gasteiger partial charge in [-0.1, -0.05) is 19.8 Å². The third-order valence-corrected chi connectivity index (χ3v) is 6.15. The fourth-order valence-electron chi connectivity index (χ4n) is 2.30. The second kappa shape index (κ2) is 6.73. The van der Waals surface area contributed by atoms with Gasteiger partial charge in [0.1, 0.15) is 9.90 Å². The second-order valence-electron chi connectivity index (χ2n) is 4.83. The average molecular weight is 319 g/mol. The topological polar surface area (TPSA) is 94.3 Å². The number of hydrogen-bond acceptors (Lipinski definition) is 7. The van der Waals surface area contributed by atoms with E-state index in [1.54, 1.807) is 6.92 Å². The molecule has 8 heteroatoms. The summed E-state index contributed by atoms with van der Waals surface area (Å²) in [6.45, 7) is 2.72. The molecule has 0 spiro atoms. The largest absolute Gasteiger partial charge is 0.382 e. The lowest BCUT2D eigenvalue weighted by Crippen LogP contribution is -2.16. The van der Waals surface area contributed by atoms with Crippen LogP contribution >= 0.6 is 11.5 Å². The van der Waals surface area contributed by atoms with Gasteiger partial charge in [0.2, 0.25) is 0 Å². The number of nitrogen functional groups attached to an aromatic ring is 1. The van der Waals surface area contributed by atoms with E-state index in [-0.39, 0.29) is 16.5 Å². The van der Waals surface area contributed by atoms with Gasteiger partial charge in [-0.05, 0) is 24.4 Å². The fourth-order valence-corrected chi connectivity index (χ4v) is 4.49. The van der Waals surface area contributed by atoms with Crippen molar-refractivity contribution in [3.63, 3.8) is 0 Å². The fraction of sp³-hybridized carbons (Fsp3) is 0.750. The molecular formula is C12H21N3O3S2. The van der Waals surface area contributed by atoms with Crippen LogP contribution in [0.2, 0.25) is 0 Å². The van der Waals surface area contributed by atoms with Gasteiger partial charge >= 0.3 is 0 Å². The molecule has 0 bridgehead atoms. The van der Waals surface area contributed by atoms with Crippen LogP contribution in [-0.2, 0) is 14.6 Å². The van der Waals surface area contributed by atoms with Crippen molar-refractivity contribution < 1.29 is 13.2 Å². The molecule has 1 aromatic heterocycles. The van der Waals surface area contributed by atoms with E-state index >= 15 is 0 Å². The van der Waals surface area contributed by atoms with Crippen LogP contribution in [0.4, 0.5) is 10.8 Å². The lowest BCUT2D eigenvalue weighted by molar-refractivity contribution is 0.0659. The minimum Gasteiger partial charge on any atom is -0.382 e. The summed E-state index contributed by atoms with van der Waals surface area (Å²) < 4.78 is 33.6. The van der Waals surface area contributed by atoms with Crippen LogP contribution in [0.25, 0.3) is 0 Å².